The van der Waals surface area contributed by atoms with Crippen LogP contribution in [0.5, 0.6) is 11.5 Å². The molecule has 2 aromatic carbocycles. The molecule has 10 nitrogen and oxygen atoms in total. The summed E-state index contributed by atoms with van der Waals surface area (Å²) in [5, 5.41) is 27.0. The number of ketones is 2. The lowest BCUT2D eigenvalue weighted by atomic mass is 9.81. The third-order valence-electron chi connectivity index (χ3n) is 5.87. The third-order valence-corrected chi connectivity index (χ3v) is 5.87. The summed E-state index contributed by atoms with van der Waals surface area (Å²) in [6, 6.07) is 5.67. The quantitative estimate of drug-likeness (QED) is 0.107. The molecule has 0 bridgehead atoms. The Balaban J connectivity index is 1.80. The molecule has 38 heavy (non-hydrogen) atoms. The second-order valence-electron chi connectivity index (χ2n) is 8.43. The minimum atomic E-state index is -0.592. The lowest BCUT2D eigenvalue weighted by Crippen LogP contribution is -2.25. The van der Waals surface area contributed by atoms with E-state index >= 15 is 0 Å². The summed E-state index contributed by atoms with van der Waals surface area (Å²) in [5.74, 6) is -2.98. The summed E-state index contributed by atoms with van der Waals surface area (Å²) in [6.45, 7) is 7.97. The van der Waals surface area contributed by atoms with E-state index in [0.717, 1.165) is 12.2 Å². The van der Waals surface area contributed by atoms with E-state index in [1.54, 1.807) is 12.1 Å². The number of aromatic hydroxyl groups is 2. The van der Waals surface area contributed by atoms with E-state index in [2.05, 4.69) is 23.8 Å². The van der Waals surface area contributed by atoms with Gasteiger partial charge in [0.15, 0.2) is 0 Å². The Morgan fingerprint density at radius 3 is 1.45 bits per heavy atom. The van der Waals surface area contributed by atoms with Crippen molar-refractivity contribution in [2.24, 2.45) is 0 Å². The average Bonchev–Trinajstić information content (AvgIpc) is 2.91. The molecule has 0 saturated heterocycles. The van der Waals surface area contributed by atoms with Gasteiger partial charge in [0.2, 0.25) is 11.6 Å². The normalized spacial score (nSPS) is 11.7. The van der Waals surface area contributed by atoms with Gasteiger partial charge in [-0.1, -0.05) is 13.2 Å². The van der Waals surface area contributed by atoms with Crippen LogP contribution in [0, 0.1) is 0 Å². The SMILES string of the molecule is C=CC(=O)OCCCCNc1ccc(NCCCCOC(=O)C=C)c2c1C(=O)c1c(O)ccc(O)c1C2=O. The number of unbranched alkanes of at least 4 members (excludes halogenated alkanes) is 2. The lowest BCUT2D eigenvalue weighted by molar-refractivity contribution is -0.138. The van der Waals surface area contributed by atoms with Crippen molar-refractivity contribution in [3.63, 3.8) is 0 Å². The molecule has 1 aliphatic carbocycles. The number of anilines is 2. The minimum Gasteiger partial charge on any atom is -0.507 e. The number of hydrogen-bond donors (Lipinski definition) is 4. The van der Waals surface area contributed by atoms with E-state index in [1.165, 1.54) is 12.1 Å². The van der Waals surface area contributed by atoms with Crippen LogP contribution < -0.4 is 10.6 Å². The minimum absolute atomic E-state index is 0.0893. The second kappa shape index (κ2) is 13.1. The van der Waals surface area contributed by atoms with Crippen LogP contribution in [0.3, 0.4) is 0 Å². The van der Waals surface area contributed by atoms with Gasteiger partial charge in [0.25, 0.3) is 0 Å². The van der Waals surface area contributed by atoms with Crippen molar-refractivity contribution >= 4 is 34.9 Å². The van der Waals surface area contributed by atoms with E-state index in [4.69, 9.17) is 9.47 Å². The van der Waals surface area contributed by atoms with Gasteiger partial charge in [-0.3, -0.25) is 9.59 Å². The molecule has 10 heteroatoms. The summed E-state index contributed by atoms with van der Waals surface area (Å²) in [7, 11) is 0. The van der Waals surface area contributed by atoms with Gasteiger partial charge in [-0.15, -0.1) is 0 Å². The van der Waals surface area contributed by atoms with Gasteiger partial charge in [0, 0.05) is 36.6 Å². The number of phenols is 2. The van der Waals surface area contributed by atoms with Gasteiger partial charge < -0.3 is 30.3 Å². The molecule has 2 aromatic rings. The molecule has 0 radical (unpaired) electrons. The predicted molar refractivity (Wildman–Crippen MR) is 141 cm³/mol. The highest BCUT2D eigenvalue weighted by atomic mass is 16.5. The monoisotopic (exact) mass is 522 g/mol. The molecule has 0 fully saturated rings. The standard InChI is InChI=1S/C28H30N2O8/c1-3-21(33)37-15-7-5-13-29-17-9-10-18(30-14-6-8-16-38-22(34)4-2)24-23(17)27(35)25-19(31)11-12-20(32)26(25)28(24)36/h3-4,9-12,29-32H,1-2,5-8,13-16H2. The van der Waals surface area contributed by atoms with Gasteiger partial charge in [-0.05, 0) is 49.9 Å². The Bertz CT molecular complexity index is 1170. The Labute approximate surface area is 220 Å². The number of phenolic OH excluding ortho intramolecular Hbond substituents is 2. The molecule has 4 N–H and O–H groups in total. The third kappa shape index (κ3) is 6.39. The van der Waals surface area contributed by atoms with Crippen molar-refractivity contribution in [3.8, 4) is 11.5 Å². The molecular weight excluding hydrogens is 492 g/mol. The molecule has 1 aliphatic rings. The molecule has 3 rings (SSSR count). The fourth-order valence-corrected chi connectivity index (χ4v) is 4.02. The van der Waals surface area contributed by atoms with Crippen LogP contribution in [0.15, 0.2) is 49.6 Å². The van der Waals surface area contributed by atoms with Crippen LogP contribution >= 0.6 is 0 Å². The van der Waals surface area contributed by atoms with Crippen molar-refractivity contribution in [3.05, 3.63) is 71.8 Å². The van der Waals surface area contributed by atoms with Gasteiger partial charge in [-0.25, -0.2) is 9.59 Å². The number of fused-ring (bicyclic) bond motifs is 2. The summed E-state index contributed by atoms with van der Waals surface area (Å²) < 4.78 is 9.90. The number of ether oxygens (including phenoxy) is 2. The van der Waals surface area contributed by atoms with E-state index in [-0.39, 0.29) is 35.5 Å². The zero-order valence-electron chi connectivity index (χ0n) is 20.9. The predicted octanol–water partition coefficient (Wildman–Crippen LogP) is 3.72. The van der Waals surface area contributed by atoms with Gasteiger partial charge in [-0.2, -0.15) is 0 Å². The smallest absolute Gasteiger partial charge is 0.330 e. The van der Waals surface area contributed by atoms with Crippen LogP contribution in [0.1, 0.15) is 57.5 Å². The van der Waals surface area contributed by atoms with Gasteiger partial charge in [0.05, 0.1) is 35.5 Å². The number of rotatable bonds is 14. The number of carbonyl (C=O) groups excluding carboxylic acids is 4. The average molecular weight is 523 g/mol. The highest BCUT2D eigenvalue weighted by Gasteiger charge is 2.37. The van der Waals surface area contributed by atoms with Crippen LogP contribution in [-0.2, 0) is 19.1 Å². The zero-order valence-corrected chi connectivity index (χ0v) is 20.9. The number of nitrogens with one attached hydrogen (secondary N) is 2. The first kappa shape index (κ1) is 28.0. The first-order valence-electron chi connectivity index (χ1n) is 12.2. The maximum atomic E-state index is 13.5. The molecule has 200 valence electrons. The number of benzene rings is 2. The zero-order chi connectivity index (χ0) is 27.7. The Morgan fingerprint density at radius 2 is 1.08 bits per heavy atom. The number of esters is 2. The lowest BCUT2D eigenvalue weighted by Gasteiger charge is -2.25. The van der Waals surface area contributed by atoms with E-state index in [1.807, 2.05) is 0 Å². The van der Waals surface area contributed by atoms with Crippen LogP contribution in [0.2, 0.25) is 0 Å². The number of carbonyl (C=O) groups is 4. The maximum absolute atomic E-state index is 13.5. The molecule has 0 saturated carbocycles. The van der Waals surface area contributed by atoms with Crippen molar-refractivity contribution in [2.45, 2.75) is 25.7 Å². The van der Waals surface area contributed by atoms with Crippen LogP contribution in [-0.4, -0.2) is 60.0 Å². The molecule has 0 aromatic heterocycles. The number of hydrogen-bond acceptors (Lipinski definition) is 10. The van der Waals surface area contributed by atoms with Gasteiger partial charge >= 0.3 is 11.9 Å². The van der Waals surface area contributed by atoms with Crippen molar-refractivity contribution in [1.82, 2.24) is 0 Å². The molecule has 0 atom stereocenters. The van der Waals surface area contributed by atoms with Crippen molar-refractivity contribution in [1.29, 1.82) is 0 Å². The largest absolute Gasteiger partial charge is 0.507 e. The first-order chi connectivity index (χ1) is 18.3. The highest BCUT2D eigenvalue weighted by Crippen LogP contribution is 2.42. The topological polar surface area (TPSA) is 151 Å². The van der Waals surface area contributed by atoms with E-state index < -0.39 is 35.0 Å². The summed E-state index contributed by atoms with van der Waals surface area (Å²) >= 11 is 0. The molecule has 0 amide bonds. The van der Waals surface area contributed by atoms with Crippen molar-refractivity contribution in [2.75, 3.05) is 36.9 Å². The summed E-state index contributed by atoms with van der Waals surface area (Å²) in [5.41, 5.74) is 0.484. The summed E-state index contributed by atoms with van der Waals surface area (Å²) in [4.78, 5) is 49.4. The Hall–Kier alpha value is -4.60. The molecule has 0 heterocycles. The molecule has 0 spiro atoms. The maximum Gasteiger partial charge on any atom is 0.330 e. The van der Waals surface area contributed by atoms with Crippen LogP contribution in [0.25, 0.3) is 0 Å². The Morgan fingerprint density at radius 1 is 0.684 bits per heavy atom. The van der Waals surface area contributed by atoms with Crippen LogP contribution in [0.4, 0.5) is 11.4 Å². The Kier molecular flexibility index (Phi) is 9.64. The molecule has 0 aliphatic heterocycles. The van der Waals surface area contributed by atoms with Crippen molar-refractivity contribution < 1.29 is 38.9 Å². The fraction of sp³-hybridized carbons (Fsp3) is 0.286. The summed E-state index contributed by atoms with van der Waals surface area (Å²) in [6.07, 6.45) is 4.54. The second-order valence-corrected chi connectivity index (χ2v) is 8.43. The van der Waals surface area contributed by atoms with E-state index in [9.17, 15) is 29.4 Å². The highest BCUT2D eigenvalue weighted by molar-refractivity contribution is 6.33. The van der Waals surface area contributed by atoms with E-state index in [0.29, 0.717) is 50.1 Å². The fourth-order valence-electron chi connectivity index (χ4n) is 4.02. The first-order valence-corrected chi connectivity index (χ1v) is 12.2. The molecule has 0 unspecified atom stereocenters. The van der Waals surface area contributed by atoms with Gasteiger partial charge in [0.1, 0.15) is 11.5 Å². The molecular formula is C28H30N2O8.